The van der Waals surface area contributed by atoms with Gasteiger partial charge in [0.1, 0.15) is 12.2 Å². The van der Waals surface area contributed by atoms with E-state index in [0.29, 0.717) is 0 Å². The van der Waals surface area contributed by atoms with Gasteiger partial charge in [0.2, 0.25) is 0 Å². The topological polar surface area (TPSA) is 55.8 Å². The van der Waals surface area contributed by atoms with Crippen LogP contribution < -0.4 is 0 Å². The minimum Gasteiger partial charge on any atom is -0.452 e. The molecule has 0 aromatic rings. The summed E-state index contributed by atoms with van der Waals surface area (Å²) in [5, 5.41) is 9.31. The average Bonchev–Trinajstić information content (AvgIpc) is 2.16. The molecule has 0 bridgehead atoms. The van der Waals surface area contributed by atoms with E-state index in [1.807, 2.05) is 0 Å². The predicted octanol–water partition coefficient (Wildman–Crippen LogP) is 0.172. The van der Waals surface area contributed by atoms with Crippen LogP contribution in [0.25, 0.3) is 0 Å². The molecule has 0 aromatic carbocycles. The van der Waals surface area contributed by atoms with Crippen molar-refractivity contribution in [2.75, 3.05) is 0 Å². The summed E-state index contributed by atoms with van der Waals surface area (Å²) in [7, 11) is 0. The number of carbonyl (C=O) groups is 1. The summed E-state index contributed by atoms with van der Waals surface area (Å²) in [6.07, 6.45) is 5.00. The third-order valence-electron chi connectivity index (χ3n) is 2.28. The molecular weight excluding hydrogens is 184 g/mol. The zero-order valence-electron chi connectivity index (χ0n) is 7.79. The van der Waals surface area contributed by atoms with Crippen molar-refractivity contribution in [3.05, 3.63) is 24.3 Å². The number of esters is 1. The van der Waals surface area contributed by atoms with Crippen molar-refractivity contribution in [2.24, 2.45) is 0 Å². The van der Waals surface area contributed by atoms with Gasteiger partial charge in [-0.05, 0) is 19.1 Å². The molecule has 0 fully saturated rings. The molecule has 0 saturated heterocycles. The van der Waals surface area contributed by atoms with Gasteiger partial charge in [0.05, 0.1) is 6.10 Å². The fourth-order valence-corrected chi connectivity index (χ4v) is 1.52. The van der Waals surface area contributed by atoms with Gasteiger partial charge in [0.15, 0.2) is 6.10 Å². The van der Waals surface area contributed by atoms with E-state index in [9.17, 15) is 9.90 Å². The largest absolute Gasteiger partial charge is 0.452 e. The fourth-order valence-electron chi connectivity index (χ4n) is 1.52. The lowest BCUT2D eigenvalue weighted by Crippen LogP contribution is -2.42. The summed E-state index contributed by atoms with van der Waals surface area (Å²) in [5.74, 6) is -0.352. The van der Waals surface area contributed by atoms with Crippen molar-refractivity contribution in [3.8, 4) is 0 Å². The first kappa shape index (κ1) is 9.43. The highest BCUT2D eigenvalue weighted by atomic mass is 16.6. The minimum atomic E-state index is -0.557. The number of rotatable bonds is 1. The van der Waals surface area contributed by atoms with E-state index >= 15 is 0 Å². The van der Waals surface area contributed by atoms with Crippen molar-refractivity contribution in [1.82, 2.24) is 0 Å². The molecule has 2 heterocycles. The Bertz CT molecular complexity index is 292. The van der Waals surface area contributed by atoms with Gasteiger partial charge in [0, 0.05) is 6.08 Å². The van der Waals surface area contributed by atoms with Crippen LogP contribution in [0.15, 0.2) is 24.3 Å². The van der Waals surface area contributed by atoms with Crippen LogP contribution in [-0.2, 0) is 14.3 Å². The fraction of sp³-hybridized carbons (Fsp3) is 0.500. The molecular formula is C10H12O4. The van der Waals surface area contributed by atoms with E-state index in [1.54, 1.807) is 25.2 Å². The number of aliphatic hydroxyl groups is 1. The molecule has 2 aliphatic rings. The first-order chi connectivity index (χ1) is 6.66. The van der Waals surface area contributed by atoms with Gasteiger partial charge in [-0.15, -0.1) is 0 Å². The van der Waals surface area contributed by atoms with Gasteiger partial charge in [-0.2, -0.15) is 0 Å². The standard InChI is InChI=1S/C10H12O4/c1-6(11)7-2-3-9-8(13-7)4-5-10(12)14-9/h2-9,11H,1H3/t6?,7-,8+,9+/m1/s1. The number of ether oxygens (including phenoxy) is 2. The summed E-state index contributed by atoms with van der Waals surface area (Å²) in [5.41, 5.74) is 0. The summed E-state index contributed by atoms with van der Waals surface area (Å²) >= 11 is 0. The van der Waals surface area contributed by atoms with Crippen LogP contribution in [0.5, 0.6) is 0 Å². The molecule has 4 atom stereocenters. The monoisotopic (exact) mass is 196 g/mol. The quantitative estimate of drug-likeness (QED) is 0.480. The first-order valence-electron chi connectivity index (χ1n) is 4.57. The number of fused-ring (bicyclic) bond motifs is 1. The Morgan fingerprint density at radius 2 is 2.14 bits per heavy atom. The second kappa shape index (κ2) is 3.55. The van der Waals surface area contributed by atoms with Crippen molar-refractivity contribution >= 4 is 5.97 Å². The van der Waals surface area contributed by atoms with E-state index in [2.05, 4.69) is 0 Å². The Labute approximate surface area is 81.8 Å². The molecule has 0 radical (unpaired) electrons. The second-order valence-electron chi connectivity index (χ2n) is 3.45. The number of hydrogen-bond donors (Lipinski definition) is 1. The molecule has 1 N–H and O–H groups in total. The first-order valence-corrected chi connectivity index (χ1v) is 4.57. The zero-order valence-corrected chi connectivity index (χ0v) is 7.79. The van der Waals surface area contributed by atoms with Crippen molar-refractivity contribution in [1.29, 1.82) is 0 Å². The smallest absolute Gasteiger partial charge is 0.331 e. The summed E-state index contributed by atoms with van der Waals surface area (Å²) in [6, 6.07) is 0. The second-order valence-corrected chi connectivity index (χ2v) is 3.45. The van der Waals surface area contributed by atoms with Gasteiger partial charge in [-0.3, -0.25) is 0 Å². The molecule has 2 rings (SSSR count). The van der Waals surface area contributed by atoms with Gasteiger partial charge < -0.3 is 14.6 Å². The lowest BCUT2D eigenvalue weighted by atomic mass is 10.0. The van der Waals surface area contributed by atoms with Gasteiger partial charge in [-0.25, -0.2) is 4.79 Å². The maximum absolute atomic E-state index is 10.9. The molecule has 0 spiro atoms. The van der Waals surface area contributed by atoms with Crippen LogP contribution in [0.3, 0.4) is 0 Å². The maximum Gasteiger partial charge on any atom is 0.331 e. The summed E-state index contributed by atoms with van der Waals surface area (Å²) in [6.45, 7) is 1.66. The van der Waals surface area contributed by atoms with Crippen LogP contribution in [0.4, 0.5) is 0 Å². The van der Waals surface area contributed by atoms with Crippen molar-refractivity contribution < 1.29 is 19.4 Å². The molecule has 4 heteroatoms. The molecule has 76 valence electrons. The molecule has 0 aromatic heterocycles. The average molecular weight is 196 g/mol. The molecule has 0 saturated carbocycles. The number of aliphatic hydroxyl groups excluding tert-OH is 1. The highest BCUT2D eigenvalue weighted by Gasteiger charge is 2.32. The van der Waals surface area contributed by atoms with E-state index < -0.39 is 6.10 Å². The maximum atomic E-state index is 10.9. The SMILES string of the molecule is CC(O)[C@H]1C=C[C@@H]2OC(=O)C=C[C@@H]2O1. The van der Waals surface area contributed by atoms with Crippen LogP contribution >= 0.6 is 0 Å². The lowest BCUT2D eigenvalue weighted by Gasteiger charge is -2.33. The molecule has 0 amide bonds. The number of hydrogen-bond acceptors (Lipinski definition) is 4. The highest BCUT2D eigenvalue weighted by molar-refractivity contribution is 5.83. The normalized spacial score (nSPS) is 37.6. The Balaban J connectivity index is 2.12. The Hall–Kier alpha value is -1.13. The summed E-state index contributed by atoms with van der Waals surface area (Å²) in [4.78, 5) is 10.9. The summed E-state index contributed by atoms with van der Waals surface area (Å²) < 4.78 is 10.5. The molecule has 1 unspecified atom stereocenters. The Morgan fingerprint density at radius 1 is 1.36 bits per heavy atom. The van der Waals surface area contributed by atoms with Gasteiger partial charge in [0.25, 0.3) is 0 Å². The van der Waals surface area contributed by atoms with Gasteiger partial charge in [-0.1, -0.05) is 6.08 Å². The molecule has 14 heavy (non-hydrogen) atoms. The predicted molar refractivity (Wildman–Crippen MR) is 48.5 cm³/mol. The lowest BCUT2D eigenvalue weighted by molar-refractivity contribution is -0.153. The third-order valence-corrected chi connectivity index (χ3v) is 2.28. The molecule has 2 aliphatic heterocycles. The third kappa shape index (κ3) is 1.71. The zero-order chi connectivity index (χ0) is 10.1. The molecule has 0 aliphatic carbocycles. The molecule has 4 nitrogen and oxygen atoms in total. The van der Waals surface area contributed by atoms with Crippen LogP contribution in [0.2, 0.25) is 0 Å². The van der Waals surface area contributed by atoms with E-state index in [1.165, 1.54) is 6.08 Å². The van der Waals surface area contributed by atoms with Gasteiger partial charge >= 0.3 is 5.97 Å². The highest BCUT2D eigenvalue weighted by Crippen LogP contribution is 2.21. The van der Waals surface area contributed by atoms with Crippen LogP contribution in [0.1, 0.15) is 6.92 Å². The van der Waals surface area contributed by atoms with Crippen molar-refractivity contribution in [3.63, 3.8) is 0 Å². The van der Waals surface area contributed by atoms with E-state index in [-0.39, 0.29) is 24.3 Å². The Kier molecular flexibility index (Phi) is 2.39. The van der Waals surface area contributed by atoms with Crippen LogP contribution in [0, 0.1) is 0 Å². The van der Waals surface area contributed by atoms with E-state index in [0.717, 1.165) is 0 Å². The van der Waals surface area contributed by atoms with E-state index in [4.69, 9.17) is 9.47 Å². The number of carbonyl (C=O) groups excluding carboxylic acids is 1. The minimum absolute atomic E-state index is 0.266. The Morgan fingerprint density at radius 3 is 2.86 bits per heavy atom. The van der Waals surface area contributed by atoms with Crippen molar-refractivity contribution in [2.45, 2.75) is 31.3 Å². The van der Waals surface area contributed by atoms with Crippen LogP contribution in [-0.4, -0.2) is 35.5 Å².